The van der Waals surface area contributed by atoms with Crippen LogP contribution < -0.4 is 15.0 Å². The number of methoxy groups -OCH3 is 1. The Labute approximate surface area is 217 Å². The molecule has 0 radical (unpaired) electrons. The van der Waals surface area contributed by atoms with Crippen molar-refractivity contribution in [2.24, 2.45) is 5.92 Å². The molecule has 1 atom stereocenters. The molecule has 0 aromatic heterocycles. The fraction of sp³-hybridized carbons (Fsp3) is 0.481. The molecular weight excluding hydrogens is 496 g/mol. The predicted octanol–water partition coefficient (Wildman–Crippen LogP) is 3.62. The molecule has 2 aromatic carbocycles. The minimum atomic E-state index is -4.21. The van der Waals surface area contributed by atoms with Crippen molar-refractivity contribution in [3.05, 3.63) is 53.6 Å². The molecule has 0 heterocycles. The SMILES string of the molecule is COc1ccc(S(=O)(=O)N(CCC(=O)Oc2ccc3c(c2)CCC3)C(C(=O)NO)C2CCCCC2)cc1. The second kappa shape index (κ2) is 12.1. The number of carbonyl (C=O) groups excluding carboxylic acids is 2. The number of hydroxylamine groups is 1. The highest BCUT2D eigenvalue weighted by atomic mass is 32.2. The number of hydrogen-bond donors (Lipinski definition) is 2. The minimum Gasteiger partial charge on any atom is -0.497 e. The molecule has 9 nitrogen and oxygen atoms in total. The quantitative estimate of drug-likeness (QED) is 0.208. The van der Waals surface area contributed by atoms with E-state index in [-0.39, 0.29) is 23.8 Å². The van der Waals surface area contributed by atoms with Gasteiger partial charge in [0, 0.05) is 6.54 Å². The van der Waals surface area contributed by atoms with E-state index in [1.54, 1.807) is 11.5 Å². The number of benzene rings is 2. The maximum atomic E-state index is 13.8. The summed E-state index contributed by atoms with van der Waals surface area (Å²) in [6.45, 7) is -0.271. The first-order valence-corrected chi connectivity index (χ1v) is 14.2. The number of ether oxygens (including phenoxy) is 2. The second-order valence-corrected chi connectivity index (χ2v) is 11.5. The zero-order valence-electron chi connectivity index (χ0n) is 21.0. The Morgan fingerprint density at radius 2 is 1.68 bits per heavy atom. The van der Waals surface area contributed by atoms with Crippen molar-refractivity contribution in [2.75, 3.05) is 13.7 Å². The van der Waals surface area contributed by atoms with Crippen LogP contribution in [0.1, 0.15) is 56.1 Å². The summed E-state index contributed by atoms with van der Waals surface area (Å²) < 4.78 is 39.3. The molecule has 0 aliphatic heterocycles. The molecule has 0 saturated heterocycles. The van der Waals surface area contributed by atoms with Crippen molar-refractivity contribution in [2.45, 2.75) is 68.7 Å². The van der Waals surface area contributed by atoms with Gasteiger partial charge in [-0.25, -0.2) is 13.9 Å². The Morgan fingerprint density at radius 1 is 1.00 bits per heavy atom. The fourth-order valence-corrected chi connectivity index (χ4v) is 7.03. The Balaban J connectivity index is 1.59. The molecule has 2 aliphatic rings. The van der Waals surface area contributed by atoms with Crippen LogP contribution in [-0.4, -0.2) is 49.5 Å². The summed E-state index contributed by atoms with van der Waals surface area (Å²) >= 11 is 0. The molecule has 2 aromatic rings. The normalized spacial score (nSPS) is 16.7. The van der Waals surface area contributed by atoms with E-state index in [0.717, 1.165) is 48.4 Å². The molecular formula is C27H34N2O7S. The number of aryl methyl sites for hydroxylation is 2. The van der Waals surface area contributed by atoms with E-state index >= 15 is 0 Å². The van der Waals surface area contributed by atoms with Gasteiger partial charge in [-0.15, -0.1) is 0 Å². The minimum absolute atomic E-state index is 0.0353. The molecule has 4 rings (SSSR count). The molecule has 1 saturated carbocycles. The van der Waals surface area contributed by atoms with Gasteiger partial charge in [0.05, 0.1) is 18.4 Å². The highest BCUT2D eigenvalue weighted by molar-refractivity contribution is 7.89. The molecule has 0 spiro atoms. The van der Waals surface area contributed by atoms with Crippen LogP contribution in [-0.2, 0) is 32.5 Å². The molecule has 1 fully saturated rings. The van der Waals surface area contributed by atoms with Crippen LogP contribution in [0, 0.1) is 5.92 Å². The third kappa shape index (κ3) is 6.31. The average molecular weight is 531 g/mol. The second-order valence-electron chi connectivity index (χ2n) is 9.62. The third-order valence-corrected chi connectivity index (χ3v) is 9.18. The topological polar surface area (TPSA) is 122 Å². The van der Waals surface area contributed by atoms with Gasteiger partial charge >= 0.3 is 5.97 Å². The Morgan fingerprint density at radius 3 is 2.35 bits per heavy atom. The Kier molecular flexibility index (Phi) is 8.83. The largest absolute Gasteiger partial charge is 0.497 e. The molecule has 1 unspecified atom stereocenters. The van der Waals surface area contributed by atoms with Crippen molar-refractivity contribution >= 4 is 21.9 Å². The Bertz CT molecular complexity index is 1210. The van der Waals surface area contributed by atoms with Crippen LogP contribution in [0.5, 0.6) is 11.5 Å². The number of fused-ring (bicyclic) bond motifs is 1. The maximum Gasteiger partial charge on any atom is 0.312 e. The van der Waals surface area contributed by atoms with Gasteiger partial charge in [0.15, 0.2) is 0 Å². The van der Waals surface area contributed by atoms with E-state index in [9.17, 15) is 23.2 Å². The lowest BCUT2D eigenvalue weighted by Gasteiger charge is -2.36. The van der Waals surface area contributed by atoms with Gasteiger partial charge in [-0.3, -0.25) is 14.8 Å². The fourth-order valence-electron chi connectivity index (χ4n) is 5.38. The third-order valence-electron chi connectivity index (χ3n) is 7.29. The van der Waals surface area contributed by atoms with Gasteiger partial charge in [0.1, 0.15) is 17.5 Å². The van der Waals surface area contributed by atoms with E-state index in [2.05, 4.69) is 0 Å². The van der Waals surface area contributed by atoms with E-state index in [0.29, 0.717) is 24.3 Å². The van der Waals surface area contributed by atoms with Gasteiger partial charge in [-0.2, -0.15) is 4.31 Å². The van der Waals surface area contributed by atoms with Gasteiger partial charge in [-0.1, -0.05) is 25.3 Å². The van der Waals surface area contributed by atoms with Crippen LogP contribution in [0.3, 0.4) is 0 Å². The summed E-state index contributed by atoms with van der Waals surface area (Å²) in [5.74, 6) is -0.787. The molecule has 200 valence electrons. The summed E-state index contributed by atoms with van der Waals surface area (Å²) in [7, 11) is -2.73. The molecule has 0 bridgehead atoms. The van der Waals surface area contributed by atoms with Crippen molar-refractivity contribution in [3.63, 3.8) is 0 Å². The van der Waals surface area contributed by atoms with Crippen LogP contribution >= 0.6 is 0 Å². The maximum absolute atomic E-state index is 13.8. The lowest BCUT2D eigenvalue weighted by atomic mass is 9.83. The summed E-state index contributed by atoms with van der Waals surface area (Å²) in [6, 6.07) is 10.2. The van der Waals surface area contributed by atoms with E-state index < -0.39 is 27.9 Å². The first-order valence-electron chi connectivity index (χ1n) is 12.8. The number of nitrogens with one attached hydrogen (secondary N) is 1. The van der Waals surface area contributed by atoms with Crippen molar-refractivity contribution in [3.8, 4) is 11.5 Å². The van der Waals surface area contributed by atoms with Crippen molar-refractivity contribution in [1.29, 1.82) is 0 Å². The predicted molar refractivity (Wildman–Crippen MR) is 136 cm³/mol. The lowest BCUT2D eigenvalue weighted by Crippen LogP contribution is -2.53. The summed E-state index contributed by atoms with van der Waals surface area (Å²) in [6.07, 6.45) is 6.77. The van der Waals surface area contributed by atoms with Crippen LogP contribution in [0.15, 0.2) is 47.4 Å². The van der Waals surface area contributed by atoms with Crippen molar-refractivity contribution in [1.82, 2.24) is 9.79 Å². The number of rotatable bonds is 10. The van der Waals surface area contributed by atoms with Crippen LogP contribution in [0.25, 0.3) is 0 Å². The molecule has 2 N–H and O–H groups in total. The van der Waals surface area contributed by atoms with Gasteiger partial charge in [0.25, 0.3) is 5.91 Å². The lowest BCUT2D eigenvalue weighted by molar-refractivity contribution is -0.138. The number of hydrogen-bond acceptors (Lipinski definition) is 7. The molecule has 37 heavy (non-hydrogen) atoms. The zero-order valence-corrected chi connectivity index (χ0v) is 21.8. The van der Waals surface area contributed by atoms with Gasteiger partial charge in [-0.05, 0) is 85.5 Å². The van der Waals surface area contributed by atoms with Crippen molar-refractivity contribution < 1.29 is 32.7 Å². The zero-order chi connectivity index (χ0) is 26.4. The highest BCUT2D eigenvalue weighted by Gasteiger charge is 2.41. The van der Waals surface area contributed by atoms with Crippen LogP contribution in [0.4, 0.5) is 0 Å². The average Bonchev–Trinajstić information content (AvgIpc) is 3.39. The number of nitrogens with zero attached hydrogens (tertiary/aromatic N) is 1. The molecule has 2 aliphatic carbocycles. The molecule has 10 heteroatoms. The van der Waals surface area contributed by atoms with E-state index in [4.69, 9.17) is 9.47 Å². The number of amides is 1. The number of carbonyl (C=O) groups is 2. The highest BCUT2D eigenvalue weighted by Crippen LogP contribution is 2.33. The number of esters is 1. The Hall–Kier alpha value is -2.95. The van der Waals surface area contributed by atoms with Gasteiger partial charge in [0.2, 0.25) is 10.0 Å². The molecule has 1 amide bonds. The van der Waals surface area contributed by atoms with Gasteiger partial charge < -0.3 is 9.47 Å². The monoisotopic (exact) mass is 530 g/mol. The first-order chi connectivity index (χ1) is 17.8. The van der Waals surface area contributed by atoms with E-state index in [1.807, 2.05) is 12.1 Å². The summed E-state index contributed by atoms with van der Waals surface area (Å²) in [5, 5.41) is 9.51. The standard InChI is InChI=1S/C27H34N2O7S/c1-35-22-12-14-24(15-13-22)37(33,34)29(26(27(31)28-32)20-6-3-2-4-7-20)17-16-25(30)36-23-11-10-19-8-5-9-21(19)18-23/h10-15,18,20,26,32H,2-9,16-17H2,1H3,(H,28,31). The summed E-state index contributed by atoms with van der Waals surface area (Å²) in [5.41, 5.74) is 4.06. The summed E-state index contributed by atoms with van der Waals surface area (Å²) in [4.78, 5) is 25.6. The number of sulfonamides is 1. The van der Waals surface area contributed by atoms with E-state index in [1.165, 1.54) is 36.9 Å². The van der Waals surface area contributed by atoms with Crippen LogP contribution in [0.2, 0.25) is 0 Å². The first kappa shape index (κ1) is 27.1. The smallest absolute Gasteiger partial charge is 0.312 e.